The van der Waals surface area contributed by atoms with Crippen molar-refractivity contribution in [1.82, 2.24) is 5.32 Å². The maximum absolute atomic E-state index is 12.5. The van der Waals surface area contributed by atoms with Gasteiger partial charge in [-0.2, -0.15) is 0 Å². The van der Waals surface area contributed by atoms with E-state index >= 15 is 0 Å². The van der Waals surface area contributed by atoms with Crippen LogP contribution in [0.4, 0.5) is 5.69 Å². The Morgan fingerprint density at radius 2 is 1.68 bits per heavy atom. The van der Waals surface area contributed by atoms with Gasteiger partial charge in [0.15, 0.2) is 6.61 Å². The van der Waals surface area contributed by atoms with Crippen molar-refractivity contribution in [3.63, 3.8) is 0 Å². The van der Waals surface area contributed by atoms with Crippen LogP contribution in [0.1, 0.15) is 20.3 Å². The van der Waals surface area contributed by atoms with Gasteiger partial charge >= 0.3 is 0 Å². The fourth-order valence-corrected chi connectivity index (χ4v) is 3.81. The Balaban J connectivity index is 1.94. The minimum Gasteiger partial charge on any atom is -0.484 e. The van der Waals surface area contributed by atoms with E-state index in [9.17, 15) is 13.2 Å². The van der Waals surface area contributed by atoms with Gasteiger partial charge in [-0.1, -0.05) is 37.0 Å². The van der Waals surface area contributed by atoms with Gasteiger partial charge < -0.3 is 10.1 Å². The van der Waals surface area contributed by atoms with Crippen LogP contribution < -0.4 is 14.8 Å². The van der Waals surface area contributed by atoms with Crippen molar-refractivity contribution in [2.45, 2.75) is 25.2 Å². The summed E-state index contributed by atoms with van der Waals surface area (Å²) < 4.78 is 32.7. The molecule has 2 N–H and O–H groups in total. The van der Waals surface area contributed by atoms with E-state index in [-0.39, 0.29) is 23.1 Å². The molecule has 2 aromatic rings. The lowest BCUT2D eigenvalue weighted by molar-refractivity contribution is -0.123. The number of hydrogen-bond donors (Lipinski definition) is 2. The third kappa shape index (κ3) is 7.22. The number of carbonyl (C=O) groups is 1. The maximum atomic E-state index is 12.5. The Labute approximate surface area is 175 Å². The lowest BCUT2D eigenvalue weighted by Crippen LogP contribution is -2.30. The fraction of sp³-hybridized carbons (Fsp3) is 0.316. The molecule has 9 heteroatoms. The van der Waals surface area contributed by atoms with E-state index < -0.39 is 10.0 Å². The van der Waals surface area contributed by atoms with Gasteiger partial charge in [0, 0.05) is 16.6 Å². The molecule has 0 atom stereocenters. The van der Waals surface area contributed by atoms with E-state index in [4.69, 9.17) is 27.9 Å². The summed E-state index contributed by atoms with van der Waals surface area (Å²) in [7, 11) is -3.82. The van der Waals surface area contributed by atoms with E-state index in [1.807, 2.05) is 0 Å². The van der Waals surface area contributed by atoms with E-state index in [1.54, 1.807) is 0 Å². The van der Waals surface area contributed by atoms with Crippen LogP contribution in [0.5, 0.6) is 5.75 Å². The van der Waals surface area contributed by atoms with Gasteiger partial charge in [-0.25, -0.2) is 8.42 Å². The second kappa shape index (κ2) is 10.0. The molecule has 0 aliphatic carbocycles. The number of sulfonamides is 1. The number of rotatable bonds is 9. The van der Waals surface area contributed by atoms with Gasteiger partial charge in [-0.3, -0.25) is 9.52 Å². The molecule has 28 heavy (non-hydrogen) atoms. The molecule has 0 unspecified atom stereocenters. The molecule has 0 saturated heterocycles. The van der Waals surface area contributed by atoms with Crippen LogP contribution in [0, 0.1) is 5.92 Å². The first kappa shape index (κ1) is 22.3. The number of anilines is 1. The summed E-state index contributed by atoms with van der Waals surface area (Å²) in [5.74, 6) is 0.674. The first-order valence-corrected chi connectivity index (χ1v) is 10.9. The molecule has 0 spiro atoms. The smallest absolute Gasteiger partial charge is 0.261 e. The van der Waals surface area contributed by atoms with Gasteiger partial charge in [0.2, 0.25) is 0 Å². The third-order valence-electron chi connectivity index (χ3n) is 3.66. The standard InChI is InChI=1S/C19H22Cl2N2O4S/c1-13(2)7-8-22-19(24)12-27-17-3-5-18(6-4-17)28(25,26)23-16-10-14(20)9-15(21)11-16/h3-6,9-11,13,23H,7-8,12H2,1-2H3,(H,22,24). The van der Waals surface area contributed by atoms with Crippen LogP contribution in [-0.2, 0) is 14.8 Å². The second-order valence-corrected chi connectivity index (χ2v) is 9.11. The van der Waals surface area contributed by atoms with Crippen molar-refractivity contribution >= 4 is 44.8 Å². The molecule has 2 rings (SSSR count). The summed E-state index contributed by atoms with van der Waals surface area (Å²) >= 11 is 11.8. The highest BCUT2D eigenvalue weighted by molar-refractivity contribution is 7.92. The SMILES string of the molecule is CC(C)CCNC(=O)COc1ccc(S(=O)(=O)Nc2cc(Cl)cc(Cl)c2)cc1. The van der Waals surface area contributed by atoms with Gasteiger partial charge in [0.25, 0.3) is 15.9 Å². The van der Waals surface area contributed by atoms with E-state index in [2.05, 4.69) is 23.9 Å². The zero-order valence-electron chi connectivity index (χ0n) is 15.5. The van der Waals surface area contributed by atoms with Gasteiger partial charge in [-0.15, -0.1) is 0 Å². The lowest BCUT2D eigenvalue weighted by atomic mass is 10.1. The Morgan fingerprint density at radius 3 is 2.25 bits per heavy atom. The van der Waals surface area contributed by atoms with Crippen molar-refractivity contribution < 1.29 is 17.9 Å². The normalized spacial score (nSPS) is 11.3. The van der Waals surface area contributed by atoms with Gasteiger partial charge in [-0.05, 0) is 54.8 Å². The quantitative estimate of drug-likeness (QED) is 0.602. The average molecular weight is 445 g/mol. The van der Waals surface area contributed by atoms with E-state index in [0.29, 0.717) is 28.3 Å². The Bertz CT molecular complexity index is 896. The number of amides is 1. The van der Waals surface area contributed by atoms with Crippen LogP contribution in [0.15, 0.2) is 47.4 Å². The highest BCUT2D eigenvalue weighted by Crippen LogP contribution is 2.25. The Kier molecular flexibility index (Phi) is 7.98. The van der Waals surface area contributed by atoms with Crippen molar-refractivity contribution in [1.29, 1.82) is 0 Å². The molecule has 0 heterocycles. The summed E-state index contributed by atoms with van der Waals surface area (Å²) in [6.45, 7) is 4.61. The molecular formula is C19H22Cl2N2O4S. The molecule has 6 nitrogen and oxygen atoms in total. The summed E-state index contributed by atoms with van der Waals surface area (Å²) in [6, 6.07) is 10.2. The number of hydrogen-bond acceptors (Lipinski definition) is 4. The maximum Gasteiger partial charge on any atom is 0.261 e. The zero-order chi connectivity index (χ0) is 20.7. The molecule has 0 fully saturated rings. The number of ether oxygens (including phenoxy) is 1. The predicted molar refractivity (Wildman–Crippen MR) is 112 cm³/mol. The van der Waals surface area contributed by atoms with Crippen molar-refractivity contribution in [2.24, 2.45) is 5.92 Å². The molecule has 0 saturated carbocycles. The van der Waals surface area contributed by atoms with Crippen LogP contribution >= 0.6 is 23.2 Å². The summed E-state index contributed by atoms with van der Waals surface area (Å²) in [5.41, 5.74) is 0.260. The highest BCUT2D eigenvalue weighted by Gasteiger charge is 2.15. The molecular weight excluding hydrogens is 423 g/mol. The third-order valence-corrected chi connectivity index (χ3v) is 5.50. The molecule has 152 valence electrons. The molecule has 0 aliphatic rings. The molecule has 0 aromatic heterocycles. The summed E-state index contributed by atoms with van der Waals surface area (Å²) in [5, 5.41) is 3.40. The first-order valence-electron chi connectivity index (χ1n) is 8.64. The number of nitrogens with one attached hydrogen (secondary N) is 2. The minimum absolute atomic E-state index is 0.0392. The molecule has 0 aliphatic heterocycles. The number of benzene rings is 2. The van der Waals surface area contributed by atoms with Gasteiger partial charge in [0.05, 0.1) is 10.6 Å². The molecule has 1 amide bonds. The topological polar surface area (TPSA) is 84.5 Å². The van der Waals surface area contributed by atoms with Gasteiger partial charge in [0.1, 0.15) is 5.75 Å². The Morgan fingerprint density at radius 1 is 1.07 bits per heavy atom. The van der Waals surface area contributed by atoms with E-state index in [1.165, 1.54) is 42.5 Å². The van der Waals surface area contributed by atoms with Crippen molar-refractivity contribution in [3.8, 4) is 5.75 Å². The minimum atomic E-state index is -3.82. The molecule has 0 bridgehead atoms. The summed E-state index contributed by atoms with van der Waals surface area (Å²) in [4.78, 5) is 11.8. The first-order chi connectivity index (χ1) is 13.2. The second-order valence-electron chi connectivity index (χ2n) is 6.56. The van der Waals surface area contributed by atoms with Crippen LogP contribution in [-0.4, -0.2) is 27.5 Å². The predicted octanol–water partition coefficient (Wildman–Crippen LogP) is 4.34. The Hall–Kier alpha value is -1.96. The van der Waals surface area contributed by atoms with Crippen molar-refractivity contribution in [2.75, 3.05) is 17.9 Å². The molecule has 0 radical (unpaired) electrons. The monoisotopic (exact) mass is 444 g/mol. The molecule has 2 aromatic carbocycles. The number of halogens is 2. The average Bonchev–Trinajstić information content (AvgIpc) is 2.58. The fourth-order valence-electron chi connectivity index (χ4n) is 2.24. The number of carbonyl (C=O) groups excluding carboxylic acids is 1. The largest absolute Gasteiger partial charge is 0.484 e. The lowest BCUT2D eigenvalue weighted by Gasteiger charge is -2.11. The van der Waals surface area contributed by atoms with Crippen molar-refractivity contribution in [3.05, 3.63) is 52.5 Å². The van der Waals surface area contributed by atoms with Crippen LogP contribution in [0.25, 0.3) is 0 Å². The summed E-state index contributed by atoms with van der Waals surface area (Å²) in [6.07, 6.45) is 0.892. The van der Waals surface area contributed by atoms with E-state index in [0.717, 1.165) is 6.42 Å². The highest BCUT2D eigenvalue weighted by atomic mass is 35.5. The van der Waals surface area contributed by atoms with Crippen LogP contribution in [0.3, 0.4) is 0 Å². The zero-order valence-corrected chi connectivity index (χ0v) is 17.9. The van der Waals surface area contributed by atoms with Crippen LogP contribution in [0.2, 0.25) is 10.0 Å².